The third-order valence-corrected chi connectivity index (χ3v) is 2.97. The molecule has 0 saturated heterocycles. The standard InChI is InChI=1S/C16H23N3O2/c1-5-19(6-2)15(20)13-8-7-9-14(10-13)18-16(21)17-11-12(3)4/h7-10H,3,5-6,11H2,1-2,4H3,(H2,17,18,21). The van der Waals surface area contributed by atoms with Gasteiger partial charge in [-0.2, -0.15) is 0 Å². The number of carbonyl (C=O) groups is 2. The van der Waals surface area contributed by atoms with Gasteiger partial charge in [0.25, 0.3) is 5.91 Å². The maximum atomic E-state index is 12.2. The molecule has 0 saturated carbocycles. The predicted octanol–water partition coefficient (Wildman–Crippen LogP) is 2.87. The summed E-state index contributed by atoms with van der Waals surface area (Å²) in [4.78, 5) is 25.7. The van der Waals surface area contributed by atoms with E-state index in [1.807, 2.05) is 20.8 Å². The molecule has 21 heavy (non-hydrogen) atoms. The van der Waals surface area contributed by atoms with Crippen LogP contribution in [0.4, 0.5) is 10.5 Å². The highest BCUT2D eigenvalue weighted by Gasteiger charge is 2.13. The molecule has 0 bridgehead atoms. The van der Waals surface area contributed by atoms with Crippen LogP contribution < -0.4 is 10.6 Å². The molecule has 0 radical (unpaired) electrons. The molecule has 1 aromatic rings. The second-order valence-electron chi connectivity index (χ2n) is 4.82. The molecule has 2 N–H and O–H groups in total. The molecule has 5 nitrogen and oxygen atoms in total. The van der Waals surface area contributed by atoms with Gasteiger partial charge in [-0.05, 0) is 39.0 Å². The molecule has 0 aliphatic heterocycles. The van der Waals surface area contributed by atoms with Gasteiger partial charge in [-0.25, -0.2) is 4.79 Å². The zero-order valence-electron chi connectivity index (χ0n) is 12.9. The quantitative estimate of drug-likeness (QED) is 0.791. The van der Waals surface area contributed by atoms with E-state index in [1.54, 1.807) is 29.2 Å². The van der Waals surface area contributed by atoms with Crippen LogP contribution in [0.5, 0.6) is 0 Å². The zero-order valence-corrected chi connectivity index (χ0v) is 12.9. The summed E-state index contributed by atoms with van der Waals surface area (Å²) in [5.41, 5.74) is 2.03. The Morgan fingerprint density at radius 1 is 1.24 bits per heavy atom. The zero-order chi connectivity index (χ0) is 15.8. The third kappa shape index (κ3) is 5.30. The minimum absolute atomic E-state index is 0.0361. The summed E-state index contributed by atoms with van der Waals surface area (Å²) in [5, 5.41) is 5.39. The first-order valence-corrected chi connectivity index (χ1v) is 7.06. The molecule has 1 rings (SSSR count). The van der Waals surface area contributed by atoms with E-state index in [1.165, 1.54) is 0 Å². The second-order valence-corrected chi connectivity index (χ2v) is 4.82. The molecule has 0 aliphatic rings. The molecule has 0 atom stereocenters. The average molecular weight is 289 g/mol. The Kier molecular flexibility index (Phi) is 6.46. The molecular weight excluding hydrogens is 266 g/mol. The van der Waals surface area contributed by atoms with Gasteiger partial charge < -0.3 is 15.5 Å². The van der Waals surface area contributed by atoms with E-state index in [-0.39, 0.29) is 11.9 Å². The fraction of sp³-hybridized carbons (Fsp3) is 0.375. The lowest BCUT2D eigenvalue weighted by Gasteiger charge is -2.19. The van der Waals surface area contributed by atoms with Crippen LogP contribution in [-0.4, -0.2) is 36.5 Å². The summed E-state index contributed by atoms with van der Waals surface area (Å²) >= 11 is 0. The smallest absolute Gasteiger partial charge is 0.319 e. The average Bonchev–Trinajstić information content (AvgIpc) is 2.46. The van der Waals surface area contributed by atoms with Crippen molar-refractivity contribution >= 4 is 17.6 Å². The largest absolute Gasteiger partial charge is 0.339 e. The SMILES string of the molecule is C=C(C)CNC(=O)Nc1cccc(C(=O)N(CC)CC)c1. The van der Waals surface area contributed by atoms with Gasteiger partial charge in [-0.1, -0.05) is 18.2 Å². The van der Waals surface area contributed by atoms with Crippen molar-refractivity contribution in [3.8, 4) is 0 Å². The lowest BCUT2D eigenvalue weighted by Crippen LogP contribution is -2.31. The van der Waals surface area contributed by atoms with Crippen molar-refractivity contribution in [3.05, 3.63) is 42.0 Å². The van der Waals surface area contributed by atoms with E-state index in [2.05, 4.69) is 17.2 Å². The lowest BCUT2D eigenvalue weighted by molar-refractivity contribution is 0.0773. The molecule has 0 heterocycles. The molecular formula is C16H23N3O2. The minimum atomic E-state index is -0.314. The van der Waals surface area contributed by atoms with Crippen LogP contribution in [0.25, 0.3) is 0 Å². The number of amides is 3. The van der Waals surface area contributed by atoms with Gasteiger partial charge in [0.1, 0.15) is 0 Å². The summed E-state index contributed by atoms with van der Waals surface area (Å²) in [6, 6.07) is 6.62. The Morgan fingerprint density at radius 3 is 2.48 bits per heavy atom. The summed E-state index contributed by atoms with van der Waals surface area (Å²) in [5.74, 6) is -0.0361. The van der Waals surface area contributed by atoms with Gasteiger partial charge in [0.05, 0.1) is 0 Å². The number of nitrogens with zero attached hydrogens (tertiary/aromatic N) is 1. The number of rotatable bonds is 6. The molecule has 1 aromatic carbocycles. The maximum Gasteiger partial charge on any atom is 0.319 e. The lowest BCUT2D eigenvalue weighted by atomic mass is 10.1. The number of nitrogens with one attached hydrogen (secondary N) is 2. The molecule has 0 unspecified atom stereocenters. The minimum Gasteiger partial charge on any atom is -0.339 e. The number of urea groups is 1. The first kappa shape index (κ1) is 16.8. The summed E-state index contributed by atoms with van der Waals surface area (Å²) in [6.07, 6.45) is 0. The van der Waals surface area contributed by atoms with Crippen molar-refractivity contribution in [1.82, 2.24) is 10.2 Å². The highest BCUT2D eigenvalue weighted by atomic mass is 16.2. The monoisotopic (exact) mass is 289 g/mol. The van der Waals surface area contributed by atoms with Gasteiger partial charge in [0.2, 0.25) is 0 Å². The van der Waals surface area contributed by atoms with Crippen molar-refractivity contribution in [1.29, 1.82) is 0 Å². The van der Waals surface area contributed by atoms with Gasteiger partial charge in [-0.3, -0.25) is 4.79 Å². The van der Waals surface area contributed by atoms with Crippen LogP contribution in [0, 0.1) is 0 Å². The molecule has 0 aromatic heterocycles. The van der Waals surface area contributed by atoms with E-state index >= 15 is 0 Å². The second kappa shape index (κ2) is 8.09. The number of benzene rings is 1. The topological polar surface area (TPSA) is 61.4 Å². The fourth-order valence-corrected chi connectivity index (χ4v) is 1.83. The predicted molar refractivity (Wildman–Crippen MR) is 85.5 cm³/mol. The Bertz CT molecular complexity index is 522. The van der Waals surface area contributed by atoms with Crippen molar-refractivity contribution < 1.29 is 9.59 Å². The highest BCUT2D eigenvalue weighted by Crippen LogP contribution is 2.12. The van der Waals surface area contributed by atoms with Crippen LogP contribution in [0.3, 0.4) is 0 Å². The Morgan fingerprint density at radius 2 is 1.90 bits per heavy atom. The molecule has 3 amide bonds. The molecule has 0 fully saturated rings. The van der Waals surface area contributed by atoms with Crippen molar-refractivity contribution in [2.75, 3.05) is 25.0 Å². The van der Waals surface area contributed by atoms with Gasteiger partial charge in [0.15, 0.2) is 0 Å². The normalized spacial score (nSPS) is 9.86. The van der Waals surface area contributed by atoms with E-state index in [9.17, 15) is 9.59 Å². The van der Waals surface area contributed by atoms with Gasteiger partial charge >= 0.3 is 6.03 Å². The number of carbonyl (C=O) groups excluding carboxylic acids is 2. The molecule has 5 heteroatoms. The Labute approximate surface area is 126 Å². The van der Waals surface area contributed by atoms with Crippen LogP contribution in [0.2, 0.25) is 0 Å². The third-order valence-electron chi connectivity index (χ3n) is 2.97. The van der Waals surface area contributed by atoms with Crippen LogP contribution in [0.15, 0.2) is 36.4 Å². The van der Waals surface area contributed by atoms with E-state index in [4.69, 9.17) is 0 Å². The summed E-state index contributed by atoms with van der Waals surface area (Å²) in [7, 11) is 0. The van der Waals surface area contributed by atoms with E-state index in [0.29, 0.717) is 30.9 Å². The maximum absolute atomic E-state index is 12.2. The number of hydrogen-bond acceptors (Lipinski definition) is 2. The Hall–Kier alpha value is -2.30. The van der Waals surface area contributed by atoms with Gasteiger partial charge in [0, 0.05) is 30.9 Å². The first-order valence-electron chi connectivity index (χ1n) is 7.06. The van der Waals surface area contributed by atoms with Crippen LogP contribution >= 0.6 is 0 Å². The van der Waals surface area contributed by atoms with Gasteiger partial charge in [-0.15, -0.1) is 0 Å². The van der Waals surface area contributed by atoms with Crippen LogP contribution in [-0.2, 0) is 0 Å². The molecule has 114 valence electrons. The van der Waals surface area contributed by atoms with Crippen LogP contribution in [0.1, 0.15) is 31.1 Å². The molecule has 0 spiro atoms. The van der Waals surface area contributed by atoms with Crippen molar-refractivity contribution in [2.24, 2.45) is 0 Å². The fourth-order valence-electron chi connectivity index (χ4n) is 1.83. The summed E-state index contributed by atoms with van der Waals surface area (Å²) in [6.45, 7) is 11.2. The number of hydrogen-bond donors (Lipinski definition) is 2. The van der Waals surface area contributed by atoms with Crippen molar-refractivity contribution in [3.63, 3.8) is 0 Å². The molecule has 0 aliphatic carbocycles. The first-order chi connectivity index (χ1) is 9.97. The summed E-state index contributed by atoms with van der Waals surface area (Å²) < 4.78 is 0. The highest BCUT2D eigenvalue weighted by molar-refractivity contribution is 5.96. The number of anilines is 1. The van der Waals surface area contributed by atoms with Crippen molar-refractivity contribution in [2.45, 2.75) is 20.8 Å². The Balaban J connectivity index is 2.74. The van der Waals surface area contributed by atoms with E-state index in [0.717, 1.165) is 5.57 Å². The van der Waals surface area contributed by atoms with E-state index < -0.39 is 0 Å².